The van der Waals surface area contributed by atoms with Gasteiger partial charge < -0.3 is 9.84 Å². The van der Waals surface area contributed by atoms with Gasteiger partial charge in [0.05, 0.1) is 18.7 Å². The molecule has 3 aromatic rings. The first-order chi connectivity index (χ1) is 12.4. The van der Waals surface area contributed by atoms with E-state index in [0.29, 0.717) is 27.1 Å². The highest BCUT2D eigenvalue weighted by Crippen LogP contribution is 2.46. The molecule has 0 spiro atoms. The van der Waals surface area contributed by atoms with E-state index in [0.717, 1.165) is 5.56 Å². The highest BCUT2D eigenvalue weighted by atomic mass is 35.5. The third-order valence-electron chi connectivity index (χ3n) is 4.47. The molecule has 0 radical (unpaired) electrons. The molecule has 0 bridgehead atoms. The molecule has 0 fully saturated rings. The first-order valence-corrected chi connectivity index (χ1v) is 8.92. The molecule has 0 amide bonds. The Balaban J connectivity index is 2.23. The number of hydrogen-bond acceptors (Lipinski definition) is 3. The van der Waals surface area contributed by atoms with E-state index in [2.05, 4.69) is 4.98 Å². The number of hydrogen-bond donors (Lipinski definition) is 1. The van der Waals surface area contributed by atoms with Crippen LogP contribution in [-0.2, 0) is 5.60 Å². The van der Waals surface area contributed by atoms with Crippen molar-refractivity contribution in [3.63, 3.8) is 0 Å². The van der Waals surface area contributed by atoms with E-state index >= 15 is 0 Å². The number of halogens is 2. The summed E-state index contributed by atoms with van der Waals surface area (Å²) in [6.45, 7) is 1.73. The number of nitrogens with zero attached hydrogens (tertiary/aromatic N) is 1. The highest BCUT2D eigenvalue weighted by Gasteiger charge is 2.40. The summed E-state index contributed by atoms with van der Waals surface area (Å²) >= 11 is 12.4. The number of ether oxygens (including phenoxy) is 1. The molecule has 0 aliphatic carbocycles. The van der Waals surface area contributed by atoms with E-state index in [1.165, 1.54) is 0 Å². The van der Waals surface area contributed by atoms with Crippen LogP contribution in [0.3, 0.4) is 0 Å². The van der Waals surface area contributed by atoms with E-state index < -0.39 is 11.5 Å². The molecule has 1 heterocycles. The normalized spacial score (nSPS) is 14.5. The molecule has 0 aliphatic heterocycles. The van der Waals surface area contributed by atoms with Crippen molar-refractivity contribution >= 4 is 23.2 Å². The van der Waals surface area contributed by atoms with Gasteiger partial charge in [-0.3, -0.25) is 4.98 Å². The number of aromatic nitrogens is 1. The van der Waals surface area contributed by atoms with Crippen molar-refractivity contribution in [2.45, 2.75) is 18.4 Å². The number of pyridine rings is 1. The zero-order valence-corrected chi connectivity index (χ0v) is 16.0. The number of benzene rings is 2. The molecule has 1 N–H and O–H groups in total. The number of para-hydroxylation sites is 1. The fourth-order valence-electron chi connectivity index (χ4n) is 3.26. The average Bonchev–Trinajstić information content (AvgIpc) is 2.62. The smallest absolute Gasteiger partial charge is 0.122 e. The zero-order chi connectivity index (χ0) is 18.7. The second kappa shape index (κ2) is 7.67. The van der Waals surface area contributed by atoms with Gasteiger partial charge >= 0.3 is 0 Å². The Morgan fingerprint density at radius 1 is 1.04 bits per heavy atom. The molecule has 2 atom stereocenters. The van der Waals surface area contributed by atoms with Gasteiger partial charge in [-0.15, -0.1) is 0 Å². The van der Waals surface area contributed by atoms with Crippen LogP contribution in [0.15, 0.2) is 66.9 Å². The van der Waals surface area contributed by atoms with E-state index in [1.54, 1.807) is 38.4 Å². The Hall–Kier alpha value is -2.07. The Morgan fingerprint density at radius 3 is 2.42 bits per heavy atom. The van der Waals surface area contributed by atoms with Gasteiger partial charge in [0.1, 0.15) is 11.4 Å². The van der Waals surface area contributed by atoms with Crippen LogP contribution in [-0.4, -0.2) is 17.2 Å². The lowest BCUT2D eigenvalue weighted by Gasteiger charge is -2.35. The van der Waals surface area contributed by atoms with Crippen LogP contribution in [0.2, 0.25) is 10.0 Å². The summed E-state index contributed by atoms with van der Waals surface area (Å²) in [5.74, 6) is 0.187. The number of methoxy groups -OCH3 is 1. The van der Waals surface area contributed by atoms with E-state index in [9.17, 15) is 5.11 Å². The van der Waals surface area contributed by atoms with E-state index in [4.69, 9.17) is 27.9 Å². The molecule has 134 valence electrons. The third-order valence-corrected chi connectivity index (χ3v) is 5.02. The Labute approximate surface area is 163 Å². The van der Waals surface area contributed by atoms with Gasteiger partial charge in [-0.1, -0.05) is 53.5 Å². The molecule has 0 aliphatic rings. The lowest BCUT2D eigenvalue weighted by atomic mass is 9.76. The van der Waals surface area contributed by atoms with Crippen molar-refractivity contribution in [3.8, 4) is 5.75 Å². The largest absolute Gasteiger partial charge is 0.496 e. The Morgan fingerprint density at radius 2 is 1.77 bits per heavy atom. The first-order valence-electron chi connectivity index (χ1n) is 8.17. The molecule has 26 heavy (non-hydrogen) atoms. The standard InChI is InChI=1S/C21H19Cl2NO2/c1-21(25,16-11-10-14(22)13-17(16)23)20(18-8-5-6-12-24-18)15-7-3-4-9-19(15)26-2/h3-13,20,25H,1-2H3. The van der Waals surface area contributed by atoms with Crippen molar-refractivity contribution in [1.29, 1.82) is 0 Å². The molecule has 1 aromatic heterocycles. The van der Waals surface area contributed by atoms with Crippen molar-refractivity contribution in [2.75, 3.05) is 7.11 Å². The summed E-state index contributed by atoms with van der Waals surface area (Å²) < 4.78 is 5.54. The van der Waals surface area contributed by atoms with Crippen LogP contribution in [0.25, 0.3) is 0 Å². The van der Waals surface area contributed by atoms with Crippen LogP contribution < -0.4 is 4.74 Å². The zero-order valence-electron chi connectivity index (χ0n) is 14.5. The molecule has 2 unspecified atom stereocenters. The maximum atomic E-state index is 11.6. The Bertz CT molecular complexity index is 898. The minimum atomic E-state index is -1.34. The predicted octanol–water partition coefficient (Wildman–Crippen LogP) is 5.44. The maximum Gasteiger partial charge on any atom is 0.122 e. The molecule has 0 saturated heterocycles. The monoisotopic (exact) mass is 387 g/mol. The van der Waals surface area contributed by atoms with Crippen molar-refractivity contribution in [1.82, 2.24) is 4.98 Å². The number of rotatable bonds is 5. The lowest BCUT2D eigenvalue weighted by Crippen LogP contribution is -2.32. The van der Waals surface area contributed by atoms with Gasteiger partial charge in [0.25, 0.3) is 0 Å². The summed E-state index contributed by atoms with van der Waals surface area (Å²) in [4.78, 5) is 4.49. The second-order valence-corrected chi connectivity index (χ2v) is 7.04. The van der Waals surface area contributed by atoms with Crippen LogP contribution in [0.5, 0.6) is 5.75 Å². The fourth-order valence-corrected chi connectivity index (χ4v) is 3.86. The third kappa shape index (κ3) is 3.56. The van der Waals surface area contributed by atoms with Crippen molar-refractivity contribution in [2.24, 2.45) is 0 Å². The van der Waals surface area contributed by atoms with Crippen LogP contribution in [0, 0.1) is 0 Å². The first kappa shape index (κ1) is 18.7. The van der Waals surface area contributed by atoms with Crippen molar-refractivity contribution < 1.29 is 9.84 Å². The summed E-state index contributed by atoms with van der Waals surface area (Å²) in [5, 5.41) is 12.5. The summed E-state index contributed by atoms with van der Waals surface area (Å²) in [6.07, 6.45) is 1.71. The number of aliphatic hydroxyl groups is 1. The topological polar surface area (TPSA) is 42.4 Å². The van der Waals surface area contributed by atoms with Gasteiger partial charge in [0, 0.05) is 27.4 Å². The van der Waals surface area contributed by atoms with Crippen LogP contribution in [0.4, 0.5) is 0 Å². The molecular weight excluding hydrogens is 369 g/mol. The van der Waals surface area contributed by atoms with Gasteiger partial charge in [0.2, 0.25) is 0 Å². The quantitative estimate of drug-likeness (QED) is 0.633. The summed E-state index contributed by atoms with van der Waals surface area (Å²) in [5.41, 5.74) is 0.771. The highest BCUT2D eigenvalue weighted by molar-refractivity contribution is 6.35. The summed E-state index contributed by atoms with van der Waals surface area (Å²) in [7, 11) is 1.61. The minimum Gasteiger partial charge on any atom is -0.496 e. The minimum absolute atomic E-state index is 0.401. The maximum absolute atomic E-state index is 11.6. The summed E-state index contributed by atoms with van der Waals surface area (Å²) in [6, 6.07) is 18.3. The van der Waals surface area contributed by atoms with Gasteiger partial charge in [0.15, 0.2) is 0 Å². The lowest BCUT2D eigenvalue weighted by molar-refractivity contribution is 0.0374. The SMILES string of the molecule is COc1ccccc1C(c1ccccn1)C(C)(O)c1ccc(Cl)cc1Cl. The predicted molar refractivity (Wildman–Crippen MR) is 105 cm³/mol. The molecular formula is C21H19Cl2NO2. The van der Waals surface area contributed by atoms with Gasteiger partial charge in [-0.25, -0.2) is 0 Å². The van der Waals surface area contributed by atoms with E-state index in [-0.39, 0.29) is 0 Å². The molecule has 0 saturated carbocycles. The van der Waals surface area contributed by atoms with Crippen LogP contribution >= 0.6 is 23.2 Å². The molecule has 2 aromatic carbocycles. The van der Waals surface area contributed by atoms with E-state index in [1.807, 2.05) is 42.5 Å². The molecule has 5 heteroatoms. The Kier molecular flexibility index (Phi) is 5.52. The molecule has 3 rings (SSSR count). The van der Waals surface area contributed by atoms with Crippen molar-refractivity contribution in [3.05, 3.63) is 93.7 Å². The van der Waals surface area contributed by atoms with Gasteiger partial charge in [-0.05, 0) is 37.3 Å². The fraction of sp³-hybridized carbons (Fsp3) is 0.190. The van der Waals surface area contributed by atoms with Crippen LogP contribution in [0.1, 0.15) is 29.7 Å². The second-order valence-electron chi connectivity index (χ2n) is 6.20. The molecule has 3 nitrogen and oxygen atoms in total. The average molecular weight is 388 g/mol. The van der Waals surface area contributed by atoms with Gasteiger partial charge in [-0.2, -0.15) is 0 Å².